The summed E-state index contributed by atoms with van der Waals surface area (Å²) in [6, 6.07) is 0. The molecule has 0 aromatic carbocycles. The third-order valence-corrected chi connectivity index (χ3v) is 2.79. The maximum Gasteiger partial charge on any atom is 0.0914 e. The van der Waals surface area contributed by atoms with Gasteiger partial charge in [0.1, 0.15) is 0 Å². The summed E-state index contributed by atoms with van der Waals surface area (Å²) in [6.07, 6.45) is 1.48. The quantitative estimate of drug-likeness (QED) is 0.753. The number of piperidine rings is 1. The highest BCUT2D eigenvalue weighted by atomic mass is 16.5. The summed E-state index contributed by atoms with van der Waals surface area (Å²) in [7, 11) is 0. The number of aliphatic hydroxyl groups is 1. The number of ether oxygens (including phenoxy) is 1. The van der Waals surface area contributed by atoms with Crippen molar-refractivity contribution in [1.82, 2.24) is 5.32 Å². The average molecular weight is 215 g/mol. The van der Waals surface area contributed by atoms with Crippen molar-refractivity contribution in [3.05, 3.63) is 0 Å². The van der Waals surface area contributed by atoms with Gasteiger partial charge < -0.3 is 15.2 Å². The molecule has 0 aliphatic carbocycles. The van der Waals surface area contributed by atoms with E-state index in [0.29, 0.717) is 13.2 Å². The molecule has 3 nitrogen and oxygen atoms in total. The van der Waals surface area contributed by atoms with Crippen LogP contribution in [0.5, 0.6) is 0 Å². The van der Waals surface area contributed by atoms with Crippen LogP contribution in [0.1, 0.15) is 47.5 Å². The van der Waals surface area contributed by atoms with Crippen molar-refractivity contribution in [1.29, 1.82) is 0 Å². The van der Waals surface area contributed by atoms with Crippen LogP contribution in [0, 0.1) is 0 Å². The second-order valence-electron chi connectivity index (χ2n) is 6.11. The van der Waals surface area contributed by atoms with E-state index < -0.39 is 5.60 Å². The molecule has 0 unspecified atom stereocenters. The second kappa shape index (κ2) is 4.04. The fraction of sp³-hybridized carbons (Fsp3) is 1.00. The van der Waals surface area contributed by atoms with Crippen LogP contribution in [0.15, 0.2) is 0 Å². The maximum absolute atomic E-state index is 10.5. The summed E-state index contributed by atoms with van der Waals surface area (Å²) >= 11 is 0. The van der Waals surface area contributed by atoms with E-state index in [1.807, 2.05) is 6.92 Å². The van der Waals surface area contributed by atoms with Gasteiger partial charge >= 0.3 is 0 Å². The van der Waals surface area contributed by atoms with E-state index in [2.05, 4.69) is 33.0 Å². The lowest BCUT2D eigenvalue weighted by molar-refractivity contribution is -0.104. The fourth-order valence-corrected chi connectivity index (χ4v) is 3.11. The highest BCUT2D eigenvalue weighted by Crippen LogP contribution is 2.35. The standard InChI is InChI=1S/C12H25NO2/c1-6-15-9-12(14)7-10(2,3)13-11(4,5)8-12/h13-14H,6-9H2,1-5H3. The van der Waals surface area contributed by atoms with Gasteiger partial charge in [-0.3, -0.25) is 0 Å². The first-order valence-electron chi connectivity index (χ1n) is 5.78. The van der Waals surface area contributed by atoms with Gasteiger partial charge in [-0.25, -0.2) is 0 Å². The normalized spacial score (nSPS) is 27.6. The van der Waals surface area contributed by atoms with Gasteiger partial charge in [-0.1, -0.05) is 0 Å². The molecule has 0 aromatic heterocycles. The van der Waals surface area contributed by atoms with Gasteiger partial charge in [-0.05, 0) is 47.5 Å². The molecule has 0 aromatic rings. The minimum absolute atomic E-state index is 0.0341. The van der Waals surface area contributed by atoms with Crippen LogP contribution in [0.25, 0.3) is 0 Å². The molecule has 1 heterocycles. The van der Waals surface area contributed by atoms with E-state index in [9.17, 15) is 5.11 Å². The molecule has 0 radical (unpaired) electrons. The van der Waals surface area contributed by atoms with Crippen molar-refractivity contribution in [2.75, 3.05) is 13.2 Å². The molecule has 0 bridgehead atoms. The smallest absolute Gasteiger partial charge is 0.0914 e. The molecule has 90 valence electrons. The SMILES string of the molecule is CCOCC1(O)CC(C)(C)NC(C)(C)C1. The molecule has 0 amide bonds. The summed E-state index contributed by atoms with van der Waals surface area (Å²) in [5.74, 6) is 0. The Hall–Kier alpha value is -0.120. The van der Waals surface area contributed by atoms with Gasteiger partial charge in [-0.2, -0.15) is 0 Å². The third-order valence-electron chi connectivity index (χ3n) is 2.79. The van der Waals surface area contributed by atoms with Gasteiger partial charge in [-0.15, -0.1) is 0 Å². The fourth-order valence-electron chi connectivity index (χ4n) is 3.11. The molecule has 3 heteroatoms. The predicted molar refractivity (Wildman–Crippen MR) is 62.0 cm³/mol. The zero-order valence-corrected chi connectivity index (χ0v) is 10.7. The molecule has 2 N–H and O–H groups in total. The highest BCUT2D eigenvalue weighted by molar-refractivity contribution is 5.04. The minimum Gasteiger partial charge on any atom is -0.387 e. The molecule has 0 saturated carbocycles. The Morgan fingerprint density at radius 3 is 2.00 bits per heavy atom. The van der Waals surface area contributed by atoms with Gasteiger partial charge in [0.25, 0.3) is 0 Å². The second-order valence-corrected chi connectivity index (χ2v) is 6.11. The minimum atomic E-state index is -0.686. The van der Waals surface area contributed by atoms with Crippen LogP contribution in [0.2, 0.25) is 0 Å². The topological polar surface area (TPSA) is 41.5 Å². The van der Waals surface area contributed by atoms with Crippen LogP contribution >= 0.6 is 0 Å². The first-order chi connectivity index (χ1) is 6.68. The highest BCUT2D eigenvalue weighted by Gasteiger charge is 2.46. The van der Waals surface area contributed by atoms with Crippen LogP contribution in [-0.2, 0) is 4.74 Å². The third kappa shape index (κ3) is 3.74. The summed E-state index contributed by atoms with van der Waals surface area (Å²) in [5, 5.41) is 14.1. The summed E-state index contributed by atoms with van der Waals surface area (Å²) in [5.41, 5.74) is -0.755. The van der Waals surface area contributed by atoms with Gasteiger partial charge in [0.2, 0.25) is 0 Å². The van der Waals surface area contributed by atoms with Crippen molar-refractivity contribution in [2.24, 2.45) is 0 Å². The molecule has 1 fully saturated rings. The first kappa shape index (κ1) is 12.9. The predicted octanol–water partition coefficient (Wildman–Crippen LogP) is 1.69. The molecular weight excluding hydrogens is 190 g/mol. The van der Waals surface area contributed by atoms with Gasteiger partial charge in [0.05, 0.1) is 12.2 Å². The largest absolute Gasteiger partial charge is 0.387 e. The number of rotatable bonds is 3. The summed E-state index contributed by atoms with van der Waals surface area (Å²) < 4.78 is 5.38. The Labute approximate surface area is 93.2 Å². The molecule has 1 saturated heterocycles. The van der Waals surface area contributed by atoms with Crippen molar-refractivity contribution in [3.63, 3.8) is 0 Å². The molecular formula is C12H25NO2. The van der Waals surface area contributed by atoms with Crippen LogP contribution < -0.4 is 5.32 Å². The van der Waals surface area contributed by atoms with Gasteiger partial charge in [0, 0.05) is 17.7 Å². The van der Waals surface area contributed by atoms with Crippen molar-refractivity contribution < 1.29 is 9.84 Å². The van der Waals surface area contributed by atoms with Crippen molar-refractivity contribution >= 4 is 0 Å². The van der Waals surface area contributed by atoms with Crippen molar-refractivity contribution in [3.8, 4) is 0 Å². The zero-order chi connectivity index (χ0) is 11.7. The number of nitrogens with one attached hydrogen (secondary N) is 1. The van der Waals surface area contributed by atoms with E-state index in [0.717, 1.165) is 12.8 Å². The summed E-state index contributed by atoms with van der Waals surface area (Å²) in [6.45, 7) is 11.6. The molecule has 0 spiro atoms. The zero-order valence-electron chi connectivity index (χ0n) is 10.7. The van der Waals surface area contributed by atoms with Crippen LogP contribution in [0.3, 0.4) is 0 Å². The molecule has 1 aliphatic heterocycles. The van der Waals surface area contributed by atoms with Gasteiger partial charge in [0.15, 0.2) is 0 Å². The van der Waals surface area contributed by atoms with E-state index in [4.69, 9.17) is 4.74 Å². The molecule has 15 heavy (non-hydrogen) atoms. The van der Waals surface area contributed by atoms with Crippen LogP contribution in [-0.4, -0.2) is 35.0 Å². The molecule has 1 aliphatic rings. The Balaban J connectivity index is 2.73. The Morgan fingerprint density at radius 2 is 1.60 bits per heavy atom. The van der Waals surface area contributed by atoms with E-state index in [-0.39, 0.29) is 11.1 Å². The number of hydrogen-bond acceptors (Lipinski definition) is 3. The van der Waals surface area contributed by atoms with Crippen molar-refractivity contribution in [2.45, 2.75) is 64.1 Å². The number of hydrogen-bond donors (Lipinski definition) is 2. The lowest BCUT2D eigenvalue weighted by Crippen LogP contribution is -2.64. The molecule has 1 rings (SSSR count). The monoisotopic (exact) mass is 215 g/mol. The Morgan fingerprint density at radius 1 is 1.13 bits per heavy atom. The van der Waals surface area contributed by atoms with E-state index >= 15 is 0 Å². The Kier molecular flexibility index (Phi) is 3.49. The summed E-state index contributed by atoms with van der Waals surface area (Å²) in [4.78, 5) is 0. The molecule has 0 atom stereocenters. The maximum atomic E-state index is 10.5. The lowest BCUT2D eigenvalue weighted by atomic mass is 9.73. The average Bonchev–Trinajstić information content (AvgIpc) is 1.93. The lowest BCUT2D eigenvalue weighted by Gasteiger charge is -2.50. The van der Waals surface area contributed by atoms with E-state index in [1.165, 1.54) is 0 Å². The van der Waals surface area contributed by atoms with Crippen LogP contribution in [0.4, 0.5) is 0 Å². The first-order valence-corrected chi connectivity index (χ1v) is 5.78. The van der Waals surface area contributed by atoms with E-state index in [1.54, 1.807) is 0 Å². The Bertz CT molecular complexity index is 208.